The summed E-state index contributed by atoms with van der Waals surface area (Å²) in [6.45, 7) is 5.67. The average Bonchev–Trinajstić information content (AvgIpc) is 1.91. The van der Waals surface area contributed by atoms with Crippen LogP contribution in [0.1, 0.15) is 13.8 Å². The van der Waals surface area contributed by atoms with Crippen LogP contribution in [0.25, 0.3) is 0 Å². The van der Waals surface area contributed by atoms with E-state index in [1.165, 1.54) is 0 Å². The van der Waals surface area contributed by atoms with E-state index in [1.54, 1.807) is 0 Å². The molecule has 0 atom stereocenters. The summed E-state index contributed by atoms with van der Waals surface area (Å²) in [7, 11) is -2.42. The fourth-order valence-corrected chi connectivity index (χ4v) is 0.204. The predicted molar refractivity (Wildman–Crippen MR) is 37.7 cm³/mol. The fraction of sp³-hybridized carbons (Fsp3) is 1.00. The standard InChI is InChI=1S/C4H10O.H2N2O2S/c1-3-5-4-2;1-2-5(3)4/h3-4H2,1-2H3;1H2. The van der Waals surface area contributed by atoms with E-state index in [4.69, 9.17) is 13.2 Å². The first-order valence-corrected chi connectivity index (χ1v) is 3.80. The van der Waals surface area contributed by atoms with E-state index in [0.29, 0.717) is 0 Å². The Kier molecular flexibility index (Phi) is 13.9. The summed E-state index contributed by atoms with van der Waals surface area (Å²) >= 11 is 0. The molecule has 0 aromatic rings. The van der Waals surface area contributed by atoms with E-state index in [1.807, 2.05) is 13.8 Å². The molecule has 0 spiro atoms. The lowest BCUT2D eigenvalue weighted by Crippen LogP contribution is -1.84. The van der Waals surface area contributed by atoms with Crippen molar-refractivity contribution in [1.82, 2.24) is 0 Å². The maximum absolute atomic E-state index is 9.08. The molecule has 0 heterocycles. The summed E-state index contributed by atoms with van der Waals surface area (Å²) in [6, 6.07) is 0. The van der Waals surface area contributed by atoms with E-state index in [0.717, 1.165) is 13.2 Å². The quantitative estimate of drug-likeness (QED) is 0.463. The van der Waals surface area contributed by atoms with Crippen molar-refractivity contribution in [1.29, 1.82) is 0 Å². The summed E-state index contributed by atoms with van der Waals surface area (Å²) in [5.41, 5.74) is 0. The molecular weight excluding hydrogens is 156 g/mol. The van der Waals surface area contributed by atoms with Gasteiger partial charge >= 0.3 is 10.5 Å². The molecule has 0 fully saturated rings. The van der Waals surface area contributed by atoms with Gasteiger partial charge in [-0.1, -0.05) is 4.47 Å². The Morgan fingerprint density at radius 2 is 1.70 bits per heavy atom. The van der Waals surface area contributed by atoms with Crippen LogP contribution in [0.5, 0.6) is 0 Å². The molecule has 6 heteroatoms. The highest BCUT2D eigenvalue weighted by molar-refractivity contribution is 7.61. The van der Waals surface area contributed by atoms with Crippen LogP contribution in [0.15, 0.2) is 4.47 Å². The summed E-state index contributed by atoms with van der Waals surface area (Å²) < 4.78 is 25.3. The predicted octanol–water partition coefficient (Wildman–Crippen LogP) is -0.0344. The first-order chi connectivity index (χ1) is 4.68. The lowest BCUT2D eigenvalue weighted by atomic mass is 10.8. The monoisotopic (exact) mass is 168 g/mol. The number of ether oxygens (including phenoxy) is 1. The lowest BCUT2D eigenvalue weighted by molar-refractivity contribution is 0.162. The fourth-order valence-electron chi connectivity index (χ4n) is 0.204. The van der Waals surface area contributed by atoms with Crippen LogP contribution < -0.4 is 5.84 Å². The van der Waals surface area contributed by atoms with E-state index in [-0.39, 0.29) is 0 Å². The van der Waals surface area contributed by atoms with Crippen molar-refractivity contribution in [3.63, 3.8) is 0 Å². The highest BCUT2D eigenvalue weighted by Crippen LogP contribution is 1.64. The molecule has 2 N–H and O–H groups in total. The molecule has 0 aromatic carbocycles. The number of nitrogens with zero attached hydrogens (tertiary/aromatic N) is 1. The molecule has 0 aliphatic carbocycles. The molecular formula is C4H12N2O3S. The normalized spacial score (nSPS) is 7.50. The zero-order valence-corrected chi connectivity index (χ0v) is 6.89. The van der Waals surface area contributed by atoms with E-state index in [9.17, 15) is 0 Å². The lowest BCUT2D eigenvalue weighted by Gasteiger charge is -1.86. The molecule has 0 bridgehead atoms. The highest BCUT2D eigenvalue weighted by Gasteiger charge is 1.64. The molecule has 0 saturated carbocycles. The van der Waals surface area contributed by atoms with Crippen LogP contribution in [0.4, 0.5) is 0 Å². The second kappa shape index (κ2) is 11.4. The van der Waals surface area contributed by atoms with E-state index >= 15 is 0 Å². The van der Waals surface area contributed by atoms with Gasteiger partial charge in [0.05, 0.1) is 0 Å². The molecule has 0 amide bonds. The molecule has 5 nitrogen and oxygen atoms in total. The van der Waals surface area contributed by atoms with Crippen molar-refractivity contribution >= 4 is 10.5 Å². The van der Waals surface area contributed by atoms with Crippen molar-refractivity contribution in [2.45, 2.75) is 13.8 Å². The largest absolute Gasteiger partial charge is 0.382 e. The zero-order valence-electron chi connectivity index (χ0n) is 6.07. The van der Waals surface area contributed by atoms with Crippen molar-refractivity contribution in [2.75, 3.05) is 13.2 Å². The Morgan fingerprint density at radius 3 is 1.70 bits per heavy atom. The summed E-state index contributed by atoms with van der Waals surface area (Å²) in [6.07, 6.45) is 0. The SMILES string of the molecule is CCOCC.NN=S(=O)=O. The molecule has 0 aliphatic heterocycles. The average molecular weight is 168 g/mol. The third-order valence-corrected chi connectivity index (χ3v) is 0.666. The Hall–Kier alpha value is -0.460. The van der Waals surface area contributed by atoms with Gasteiger partial charge in [-0.2, -0.15) is 8.42 Å². The molecule has 0 aliphatic rings. The number of hydrogen-bond acceptors (Lipinski definition) is 4. The second-order valence-corrected chi connectivity index (χ2v) is 1.75. The second-order valence-electron chi connectivity index (χ2n) is 1.10. The maximum Gasteiger partial charge on any atom is 0.327 e. The van der Waals surface area contributed by atoms with Crippen molar-refractivity contribution in [3.05, 3.63) is 0 Å². The molecule has 0 unspecified atom stereocenters. The molecule has 0 aromatic heterocycles. The van der Waals surface area contributed by atoms with Crippen LogP contribution >= 0.6 is 0 Å². The minimum atomic E-state index is -2.42. The van der Waals surface area contributed by atoms with Gasteiger partial charge in [0, 0.05) is 13.2 Å². The third kappa shape index (κ3) is 25.7. The summed E-state index contributed by atoms with van der Waals surface area (Å²) in [5.74, 6) is 4.18. The van der Waals surface area contributed by atoms with Crippen molar-refractivity contribution in [2.24, 2.45) is 10.3 Å². The van der Waals surface area contributed by atoms with Crippen LogP contribution in [0.3, 0.4) is 0 Å². The summed E-state index contributed by atoms with van der Waals surface area (Å²) in [5, 5.41) is 0. The van der Waals surface area contributed by atoms with Gasteiger partial charge in [-0.15, -0.1) is 0 Å². The van der Waals surface area contributed by atoms with Crippen LogP contribution in [-0.4, -0.2) is 21.6 Å². The van der Waals surface area contributed by atoms with Crippen molar-refractivity contribution in [3.8, 4) is 0 Å². The van der Waals surface area contributed by atoms with Crippen molar-refractivity contribution < 1.29 is 13.2 Å². The van der Waals surface area contributed by atoms with Gasteiger partial charge in [-0.05, 0) is 13.8 Å². The van der Waals surface area contributed by atoms with Gasteiger partial charge in [-0.3, -0.25) is 0 Å². The van der Waals surface area contributed by atoms with Gasteiger partial charge < -0.3 is 4.74 Å². The number of rotatable bonds is 2. The smallest absolute Gasteiger partial charge is 0.327 e. The van der Waals surface area contributed by atoms with Gasteiger partial charge in [-0.25, -0.2) is 5.84 Å². The Labute approximate surface area is 61.9 Å². The van der Waals surface area contributed by atoms with E-state index < -0.39 is 10.5 Å². The Balaban J connectivity index is 0. The van der Waals surface area contributed by atoms with Crippen LogP contribution in [0.2, 0.25) is 0 Å². The van der Waals surface area contributed by atoms with Gasteiger partial charge in [0.2, 0.25) is 0 Å². The number of nitrogens with two attached hydrogens (primary N) is 1. The topological polar surface area (TPSA) is 81.8 Å². The molecule has 62 valence electrons. The van der Waals surface area contributed by atoms with Gasteiger partial charge in [0.15, 0.2) is 0 Å². The van der Waals surface area contributed by atoms with Gasteiger partial charge in [0.1, 0.15) is 0 Å². The number of hydrogen-bond donors (Lipinski definition) is 1. The third-order valence-electron chi connectivity index (χ3n) is 0.494. The van der Waals surface area contributed by atoms with Crippen LogP contribution in [-0.2, 0) is 15.2 Å². The first-order valence-electron chi connectivity index (χ1n) is 2.77. The molecule has 0 rings (SSSR count). The minimum Gasteiger partial charge on any atom is -0.382 e. The Bertz CT molecular complexity index is 153. The first kappa shape index (κ1) is 12.2. The molecule has 0 saturated heterocycles. The zero-order chi connectivity index (χ0) is 8.41. The Morgan fingerprint density at radius 1 is 1.40 bits per heavy atom. The van der Waals surface area contributed by atoms with Crippen LogP contribution in [0, 0.1) is 0 Å². The minimum absolute atomic E-state index is 0.844. The van der Waals surface area contributed by atoms with Gasteiger partial charge in [0.25, 0.3) is 0 Å². The molecule has 10 heavy (non-hydrogen) atoms. The van der Waals surface area contributed by atoms with E-state index in [2.05, 4.69) is 10.3 Å². The highest BCUT2D eigenvalue weighted by atomic mass is 32.2. The summed E-state index contributed by atoms with van der Waals surface area (Å²) in [4.78, 5) is 0. The molecule has 0 radical (unpaired) electrons. The maximum atomic E-state index is 9.08.